The highest BCUT2D eigenvalue weighted by Crippen LogP contribution is 2.45. The number of hydrogen-bond acceptors (Lipinski definition) is 8. The van der Waals surface area contributed by atoms with Crippen molar-refractivity contribution in [3.8, 4) is 11.8 Å². The third-order valence-electron chi connectivity index (χ3n) is 4.39. The standard InChI is InChI=1S/C18H15N5O2S2/c1-21-18-23-16-14(27-18)13-12(17(24)22-16)11(10(7-19)15(20)25-13)8-3-5-9(26-2)6-4-8/h3-6,11H,20H2,1-2H3,(H2,21,22,23,24). The first kappa shape index (κ1) is 17.5. The minimum absolute atomic E-state index is 0.00949. The van der Waals surface area contributed by atoms with Crippen LogP contribution in [0.2, 0.25) is 0 Å². The molecule has 0 radical (unpaired) electrons. The van der Waals surface area contributed by atoms with Crippen LogP contribution in [0.15, 0.2) is 45.4 Å². The predicted octanol–water partition coefficient (Wildman–Crippen LogP) is 2.97. The van der Waals surface area contributed by atoms with Crippen LogP contribution in [-0.2, 0) is 0 Å². The lowest BCUT2D eigenvalue weighted by molar-refractivity contribution is 0.397. The number of nitriles is 1. The maximum absolute atomic E-state index is 12.9. The molecule has 3 aromatic rings. The fourth-order valence-corrected chi connectivity index (χ4v) is 4.41. The summed E-state index contributed by atoms with van der Waals surface area (Å²) in [5.74, 6) is -0.221. The second-order valence-corrected chi connectivity index (χ2v) is 7.72. The zero-order valence-corrected chi connectivity index (χ0v) is 16.1. The number of benzene rings is 1. The van der Waals surface area contributed by atoms with Crippen molar-refractivity contribution in [2.45, 2.75) is 10.8 Å². The number of fused-ring (bicyclic) bond motifs is 3. The lowest BCUT2D eigenvalue weighted by Crippen LogP contribution is -2.27. The number of anilines is 1. The Bertz CT molecular complexity index is 1170. The van der Waals surface area contributed by atoms with Crippen LogP contribution in [0, 0.1) is 11.3 Å². The summed E-state index contributed by atoms with van der Waals surface area (Å²) in [7, 11) is 1.75. The lowest BCUT2D eigenvalue weighted by atomic mass is 9.84. The zero-order valence-electron chi connectivity index (χ0n) is 14.5. The van der Waals surface area contributed by atoms with E-state index in [4.69, 9.17) is 10.5 Å². The number of aromatic nitrogens is 2. The number of hydrogen-bond donors (Lipinski definition) is 3. The normalized spacial score (nSPS) is 16.0. The first-order valence-electron chi connectivity index (χ1n) is 8.03. The molecule has 1 aliphatic rings. The van der Waals surface area contributed by atoms with Gasteiger partial charge in [0.2, 0.25) is 5.88 Å². The Labute approximate surface area is 162 Å². The molecule has 4 rings (SSSR count). The van der Waals surface area contributed by atoms with Crippen LogP contribution in [0.3, 0.4) is 0 Å². The SMILES string of the molecule is CNc1nc2[nH]c(=O)c3c(c2s1)OC(N)=C(C#N)C3c1ccc(SC)cc1. The van der Waals surface area contributed by atoms with Gasteiger partial charge in [-0.05, 0) is 24.0 Å². The molecule has 0 amide bonds. The maximum Gasteiger partial charge on any atom is 0.257 e. The van der Waals surface area contributed by atoms with Crippen LogP contribution in [0.4, 0.5) is 5.13 Å². The second-order valence-electron chi connectivity index (χ2n) is 5.84. The largest absolute Gasteiger partial charge is 0.438 e. The number of nitrogens with one attached hydrogen (secondary N) is 2. The van der Waals surface area contributed by atoms with Crippen LogP contribution in [0.5, 0.6) is 5.75 Å². The van der Waals surface area contributed by atoms with Gasteiger partial charge in [-0.25, -0.2) is 4.98 Å². The van der Waals surface area contributed by atoms with Crippen LogP contribution in [-0.4, -0.2) is 23.3 Å². The number of nitrogens with zero attached hydrogens (tertiary/aromatic N) is 2. The minimum Gasteiger partial charge on any atom is -0.438 e. The van der Waals surface area contributed by atoms with Crippen molar-refractivity contribution in [3.63, 3.8) is 0 Å². The molecule has 3 heterocycles. The van der Waals surface area contributed by atoms with Gasteiger partial charge in [-0.3, -0.25) is 4.79 Å². The summed E-state index contributed by atoms with van der Waals surface area (Å²) in [6.45, 7) is 0. The van der Waals surface area contributed by atoms with Gasteiger partial charge in [0.25, 0.3) is 5.56 Å². The summed E-state index contributed by atoms with van der Waals surface area (Å²) in [5.41, 5.74) is 7.54. The van der Waals surface area contributed by atoms with Crippen LogP contribution in [0.25, 0.3) is 10.3 Å². The van der Waals surface area contributed by atoms with E-state index in [-0.39, 0.29) is 17.0 Å². The molecule has 0 fully saturated rings. The highest BCUT2D eigenvalue weighted by atomic mass is 32.2. The van der Waals surface area contributed by atoms with E-state index in [2.05, 4.69) is 21.4 Å². The molecule has 1 atom stereocenters. The van der Waals surface area contributed by atoms with Gasteiger partial charge in [0, 0.05) is 11.9 Å². The number of thiazole rings is 1. The van der Waals surface area contributed by atoms with Gasteiger partial charge in [0.05, 0.1) is 11.5 Å². The van der Waals surface area contributed by atoms with Crippen molar-refractivity contribution in [2.75, 3.05) is 18.6 Å². The topological polar surface area (TPSA) is 117 Å². The predicted molar refractivity (Wildman–Crippen MR) is 107 cm³/mol. The fraction of sp³-hybridized carbons (Fsp3) is 0.167. The Kier molecular flexibility index (Phi) is 4.30. The molecular weight excluding hydrogens is 382 g/mol. The molecular formula is C18H15N5O2S2. The summed E-state index contributed by atoms with van der Waals surface area (Å²) < 4.78 is 6.42. The van der Waals surface area contributed by atoms with Gasteiger partial charge >= 0.3 is 0 Å². The van der Waals surface area contributed by atoms with Crippen molar-refractivity contribution in [1.29, 1.82) is 5.26 Å². The van der Waals surface area contributed by atoms with Crippen molar-refractivity contribution < 1.29 is 4.74 Å². The minimum atomic E-state index is -0.594. The number of nitrogens with two attached hydrogens (primary N) is 1. The van der Waals surface area contributed by atoms with Crippen LogP contribution in [0.1, 0.15) is 17.0 Å². The van der Waals surface area contributed by atoms with Crippen LogP contribution >= 0.6 is 23.1 Å². The molecule has 136 valence electrons. The zero-order chi connectivity index (χ0) is 19.1. The Balaban J connectivity index is 2.01. The Morgan fingerprint density at radius 1 is 1.41 bits per heavy atom. The first-order chi connectivity index (χ1) is 13.1. The number of allylic oxidation sites excluding steroid dienone is 1. The lowest BCUT2D eigenvalue weighted by Gasteiger charge is -2.25. The van der Waals surface area contributed by atoms with E-state index in [1.807, 2.05) is 30.5 Å². The molecule has 7 nitrogen and oxygen atoms in total. The van der Waals surface area contributed by atoms with E-state index in [0.29, 0.717) is 26.8 Å². The summed E-state index contributed by atoms with van der Waals surface area (Å²) in [6.07, 6.45) is 1.99. The molecule has 4 N–H and O–H groups in total. The molecule has 0 saturated carbocycles. The molecule has 1 aliphatic heterocycles. The molecule has 1 aromatic carbocycles. The Morgan fingerprint density at radius 3 is 2.78 bits per heavy atom. The average molecular weight is 397 g/mol. The van der Waals surface area contributed by atoms with Crippen molar-refractivity contribution in [2.24, 2.45) is 5.73 Å². The van der Waals surface area contributed by atoms with Crippen LogP contribution < -0.4 is 21.3 Å². The van der Waals surface area contributed by atoms with E-state index in [9.17, 15) is 10.1 Å². The van der Waals surface area contributed by atoms with E-state index in [1.165, 1.54) is 11.3 Å². The van der Waals surface area contributed by atoms with Gasteiger partial charge in [-0.2, -0.15) is 5.26 Å². The van der Waals surface area contributed by atoms with Gasteiger partial charge < -0.3 is 20.8 Å². The van der Waals surface area contributed by atoms with Gasteiger partial charge in [-0.15, -0.1) is 11.8 Å². The monoisotopic (exact) mass is 397 g/mol. The van der Waals surface area contributed by atoms with E-state index in [0.717, 1.165) is 10.5 Å². The highest BCUT2D eigenvalue weighted by Gasteiger charge is 2.35. The number of rotatable bonds is 3. The molecule has 1 unspecified atom stereocenters. The van der Waals surface area contributed by atoms with E-state index >= 15 is 0 Å². The summed E-state index contributed by atoms with van der Waals surface area (Å²) in [5, 5.41) is 13.3. The van der Waals surface area contributed by atoms with Gasteiger partial charge in [0.1, 0.15) is 16.3 Å². The second kappa shape index (κ2) is 6.64. The fourth-order valence-electron chi connectivity index (χ4n) is 3.13. The Morgan fingerprint density at radius 2 is 2.15 bits per heavy atom. The van der Waals surface area contributed by atoms with E-state index < -0.39 is 5.92 Å². The molecule has 27 heavy (non-hydrogen) atoms. The smallest absolute Gasteiger partial charge is 0.257 e. The summed E-state index contributed by atoms with van der Waals surface area (Å²) >= 11 is 2.97. The molecule has 0 bridgehead atoms. The maximum atomic E-state index is 12.9. The van der Waals surface area contributed by atoms with Gasteiger partial charge in [-0.1, -0.05) is 23.5 Å². The number of thioether (sulfide) groups is 1. The molecule has 0 spiro atoms. The molecule has 0 aliphatic carbocycles. The number of ether oxygens (including phenoxy) is 1. The Hall–Kier alpha value is -2.96. The molecule has 9 heteroatoms. The first-order valence-corrected chi connectivity index (χ1v) is 10.1. The van der Waals surface area contributed by atoms with Crippen molar-refractivity contribution in [3.05, 3.63) is 57.2 Å². The summed E-state index contributed by atoms with van der Waals surface area (Å²) in [4.78, 5) is 21.1. The summed E-state index contributed by atoms with van der Waals surface area (Å²) in [6, 6.07) is 9.84. The molecule has 0 saturated heterocycles. The average Bonchev–Trinajstić information content (AvgIpc) is 3.10. The van der Waals surface area contributed by atoms with Crippen molar-refractivity contribution >= 4 is 38.6 Å². The number of aromatic amines is 1. The van der Waals surface area contributed by atoms with E-state index in [1.54, 1.807) is 18.8 Å². The third-order valence-corrected chi connectivity index (χ3v) is 6.21. The number of pyridine rings is 1. The number of H-pyrrole nitrogens is 1. The molecule has 2 aromatic heterocycles. The quantitative estimate of drug-likeness (QED) is 0.582. The van der Waals surface area contributed by atoms with Crippen molar-refractivity contribution in [1.82, 2.24) is 9.97 Å². The third kappa shape index (κ3) is 2.74. The highest BCUT2D eigenvalue weighted by molar-refractivity contribution is 7.98. The van der Waals surface area contributed by atoms with Gasteiger partial charge in [0.15, 0.2) is 16.5 Å².